The predicted octanol–water partition coefficient (Wildman–Crippen LogP) is 14.1. The van der Waals surface area contributed by atoms with Crippen LogP contribution in [0.15, 0.2) is 60.8 Å². The standard InChI is InChI=1S/C44H76O4/c1-3-5-7-9-11-13-15-17-18-19-20-22-24-26-28-33-37-41-44(47)48-42(39-35-31-29-32-36-40-43(45)46)38-34-30-27-25-23-21-16-14-12-10-8-6-4-2/h6,8,12,14,17-18,21,23,27,30,42H,3-5,7,9-11,13,15-16,19-20,22,24-26,28-29,31-41H2,1-2H3,(H,45,46)/b8-6-,14-12-,18-17-,23-21-,30-27-. The molecule has 0 radical (unpaired) electrons. The lowest BCUT2D eigenvalue weighted by molar-refractivity contribution is -0.150. The Balaban J connectivity index is 4.14. The molecule has 276 valence electrons. The van der Waals surface area contributed by atoms with E-state index in [0.29, 0.717) is 6.42 Å². The van der Waals surface area contributed by atoms with Gasteiger partial charge in [-0.25, -0.2) is 0 Å². The second-order valence-corrected chi connectivity index (χ2v) is 13.4. The molecule has 0 saturated heterocycles. The number of carbonyl (C=O) groups excluding carboxylic acids is 1. The number of ether oxygens (including phenoxy) is 1. The summed E-state index contributed by atoms with van der Waals surface area (Å²) in [6.07, 6.45) is 53.8. The highest BCUT2D eigenvalue weighted by atomic mass is 16.5. The molecule has 1 N–H and O–H groups in total. The molecule has 0 rings (SSSR count). The highest BCUT2D eigenvalue weighted by Crippen LogP contribution is 2.17. The molecule has 0 amide bonds. The zero-order chi connectivity index (χ0) is 35.0. The van der Waals surface area contributed by atoms with Crippen molar-refractivity contribution in [3.63, 3.8) is 0 Å². The summed E-state index contributed by atoms with van der Waals surface area (Å²) in [5, 5.41) is 8.82. The van der Waals surface area contributed by atoms with Gasteiger partial charge < -0.3 is 9.84 Å². The maximum atomic E-state index is 12.7. The van der Waals surface area contributed by atoms with Crippen LogP contribution in [0.4, 0.5) is 0 Å². The molecule has 0 fully saturated rings. The molecular formula is C44H76O4. The Bertz CT molecular complexity index is 850. The summed E-state index contributed by atoms with van der Waals surface area (Å²) in [5.41, 5.74) is 0. The van der Waals surface area contributed by atoms with Crippen molar-refractivity contribution in [3.05, 3.63) is 60.8 Å². The van der Waals surface area contributed by atoms with Gasteiger partial charge in [0, 0.05) is 12.8 Å². The molecule has 0 aliphatic rings. The van der Waals surface area contributed by atoms with Crippen molar-refractivity contribution in [1.29, 1.82) is 0 Å². The first-order chi connectivity index (χ1) is 23.6. The van der Waals surface area contributed by atoms with E-state index in [4.69, 9.17) is 9.84 Å². The van der Waals surface area contributed by atoms with Gasteiger partial charge in [0.05, 0.1) is 0 Å². The Kier molecular flexibility index (Phi) is 37.2. The average molecular weight is 669 g/mol. The van der Waals surface area contributed by atoms with Gasteiger partial charge in [0.1, 0.15) is 6.10 Å². The van der Waals surface area contributed by atoms with Gasteiger partial charge in [-0.15, -0.1) is 0 Å². The van der Waals surface area contributed by atoms with E-state index in [1.54, 1.807) is 0 Å². The number of hydrogen-bond donors (Lipinski definition) is 1. The van der Waals surface area contributed by atoms with E-state index in [-0.39, 0.29) is 18.5 Å². The summed E-state index contributed by atoms with van der Waals surface area (Å²) in [6, 6.07) is 0. The van der Waals surface area contributed by atoms with Crippen molar-refractivity contribution in [2.45, 2.75) is 206 Å². The molecule has 0 saturated carbocycles. The normalized spacial score (nSPS) is 12.9. The van der Waals surface area contributed by atoms with Gasteiger partial charge >= 0.3 is 11.9 Å². The monoisotopic (exact) mass is 669 g/mol. The summed E-state index contributed by atoms with van der Waals surface area (Å²) < 4.78 is 5.96. The molecule has 0 bridgehead atoms. The summed E-state index contributed by atoms with van der Waals surface area (Å²) in [4.78, 5) is 23.4. The molecule has 0 aliphatic heterocycles. The fraction of sp³-hybridized carbons (Fsp3) is 0.727. The number of carboxylic acids is 1. The highest BCUT2D eigenvalue weighted by Gasteiger charge is 2.13. The van der Waals surface area contributed by atoms with Crippen molar-refractivity contribution in [2.24, 2.45) is 0 Å². The largest absolute Gasteiger partial charge is 0.481 e. The molecule has 1 unspecified atom stereocenters. The van der Waals surface area contributed by atoms with Crippen LogP contribution >= 0.6 is 0 Å². The number of rotatable bonds is 36. The van der Waals surface area contributed by atoms with Gasteiger partial charge in [-0.3, -0.25) is 9.59 Å². The molecule has 0 aromatic rings. The van der Waals surface area contributed by atoms with Crippen molar-refractivity contribution >= 4 is 11.9 Å². The molecular weight excluding hydrogens is 592 g/mol. The molecule has 4 heteroatoms. The van der Waals surface area contributed by atoms with Crippen molar-refractivity contribution in [1.82, 2.24) is 0 Å². The average Bonchev–Trinajstić information content (AvgIpc) is 3.07. The minimum absolute atomic E-state index is 0.0246. The first-order valence-corrected chi connectivity index (χ1v) is 20.3. The SMILES string of the molecule is CC/C=C\C/C=C\C/C=C\C/C=C\CCC(CCCCCCCC(=O)O)OC(=O)CCCCCCCCC/C=C\CCCCCCCC. The number of carbonyl (C=O) groups is 2. The van der Waals surface area contributed by atoms with Crippen LogP contribution in [0.25, 0.3) is 0 Å². The van der Waals surface area contributed by atoms with Gasteiger partial charge in [0.2, 0.25) is 0 Å². The smallest absolute Gasteiger partial charge is 0.306 e. The summed E-state index contributed by atoms with van der Waals surface area (Å²) in [7, 11) is 0. The van der Waals surface area contributed by atoms with Crippen LogP contribution < -0.4 is 0 Å². The molecule has 0 heterocycles. The topological polar surface area (TPSA) is 63.6 Å². The number of unbranched alkanes of at least 4 members (excludes halogenated alkanes) is 17. The summed E-state index contributed by atoms with van der Waals surface area (Å²) >= 11 is 0. The van der Waals surface area contributed by atoms with Gasteiger partial charge in [-0.05, 0) is 89.9 Å². The minimum atomic E-state index is -0.713. The van der Waals surface area contributed by atoms with Crippen LogP contribution in [-0.4, -0.2) is 23.1 Å². The van der Waals surface area contributed by atoms with Crippen molar-refractivity contribution < 1.29 is 19.4 Å². The second kappa shape index (κ2) is 39.1. The van der Waals surface area contributed by atoms with Crippen LogP contribution in [0.1, 0.15) is 200 Å². The molecule has 0 spiro atoms. The summed E-state index contributed by atoms with van der Waals surface area (Å²) in [5.74, 6) is -0.755. The zero-order valence-corrected chi connectivity index (χ0v) is 31.5. The first-order valence-electron chi connectivity index (χ1n) is 20.3. The predicted molar refractivity (Wildman–Crippen MR) is 208 cm³/mol. The van der Waals surface area contributed by atoms with E-state index in [1.165, 1.54) is 83.5 Å². The Hall–Kier alpha value is -2.36. The van der Waals surface area contributed by atoms with Crippen LogP contribution in [0.3, 0.4) is 0 Å². The third-order valence-corrected chi connectivity index (χ3v) is 8.73. The number of esters is 1. The zero-order valence-electron chi connectivity index (χ0n) is 31.5. The van der Waals surface area contributed by atoms with Gasteiger partial charge in [0.15, 0.2) is 0 Å². The number of aliphatic carboxylic acids is 1. The number of hydrogen-bond acceptors (Lipinski definition) is 3. The fourth-order valence-corrected chi connectivity index (χ4v) is 5.76. The minimum Gasteiger partial charge on any atom is -0.481 e. The lowest BCUT2D eigenvalue weighted by Gasteiger charge is -2.17. The third-order valence-electron chi connectivity index (χ3n) is 8.73. The van der Waals surface area contributed by atoms with Gasteiger partial charge in [0.25, 0.3) is 0 Å². The maximum Gasteiger partial charge on any atom is 0.306 e. The molecule has 0 aromatic carbocycles. The van der Waals surface area contributed by atoms with Crippen molar-refractivity contribution in [2.75, 3.05) is 0 Å². The highest BCUT2D eigenvalue weighted by molar-refractivity contribution is 5.69. The van der Waals surface area contributed by atoms with E-state index in [9.17, 15) is 9.59 Å². The third kappa shape index (κ3) is 38.1. The Morgan fingerprint density at radius 1 is 0.479 bits per heavy atom. The van der Waals surface area contributed by atoms with Gasteiger partial charge in [-0.2, -0.15) is 0 Å². The van der Waals surface area contributed by atoms with E-state index in [0.717, 1.165) is 89.9 Å². The molecule has 4 nitrogen and oxygen atoms in total. The Morgan fingerprint density at radius 2 is 0.917 bits per heavy atom. The summed E-state index contributed by atoms with van der Waals surface area (Å²) in [6.45, 7) is 4.43. The van der Waals surface area contributed by atoms with Crippen LogP contribution in [0.2, 0.25) is 0 Å². The number of carboxylic acid groups (broad SMARTS) is 1. The van der Waals surface area contributed by atoms with Crippen LogP contribution in [0, 0.1) is 0 Å². The maximum absolute atomic E-state index is 12.7. The van der Waals surface area contributed by atoms with E-state index in [1.807, 2.05) is 0 Å². The number of allylic oxidation sites excluding steroid dienone is 10. The fourth-order valence-electron chi connectivity index (χ4n) is 5.76. The first kappa shape index (κ1) is 45.6. The van der Waals surface area contributed by atoms with Crippen LogP contribution in [-0.2, 0) is 14.3 Å². The Morgan fingerprint density at radius 3 is 1.46 bits per heavy atom. The van der Waals surface area contributed by atoms with Crippen LogP contribution in [0.5, 0.6) is 0 Å². The molecule has 48 heavy (non-hydrogen) atoms. The lowest BCUT2D eigenvalue weighted by atomic mass is 10.0. The lowest BCUT2D eigenvalue weighted by Crippen LogP contribution is -2.18. The van der Waals surface area contributed by atoms with E-state index >= 15 is 0 Å². The molecule has 1 atom stereocenters. The molecule has 0 aromatic heterocycles. The Labute approximate surface area is 297 Å². The van der Waals surface area contributed by atoms with E-state index < -0.39 is 5.97 Å². The molecule has 0 aliphatic carbocycles. The van der Waals surface area contributed by atoms with E-state index in [2.05, 4.69) is 74.6 Å². The van der Waals surface area contributed by atoms with Crippen molar-refractivity contribution in [3.8, 4) is 0 Å². The quantitative estimate of drug-likeness (QED) is 0.0410. The van der Waals surface area contributed by atoms with Gasteiger partial charge in [-0.1, -0.05) is 158 Å². The second-order valence-electron chi connectivity index (χ2n) is 13.4.